The van der Waals surface area contributed by atoms with Crippen molar-refractivity contribution in [3.8, 4) is 0 Å². The summed E-state index contributed by atoms with van der Waals surface area (Å²) in [4.78, 5) is 34.4. The third-order valence-electron chi connectivity index (χ3n) is 4.08. The van der Waals surface area contributed by atoms with Crippen LogP contribution >= 0.6 is 11.6 Å². The molecule has 1 N–H and O–H groups in total. The number of rotatable bonds is 4. The first kappa shape index (κ1) is 20.8. The fourth-order valence-electron chi connectivity index (χ4n) is 2.75. The molecule has 7 nitrogen and oxygen atoms in total. The normalized spacial score (nSPS) is 13.8. The molecule has 2 aromatic rings. The van der Waals surface area contributed by atoms with Gasteiger partial charge in [0.05, 0.1) is 23.7 Å². The molecular formula is C21H23ClN4O3. The van der Waals surface area contributed by atoms with E-state index in [1.807, 2.05) is 39.0 Å². The third-order valence-corrected chi connectivity index (χ3v) is 4.31. The standard InChI is InChI=1S/C21H23ClN4O3/c1-21(2,3)29-20(28)26-9-8-15(13-26)17-6-4-14(11-23-17)10-19(27)25-18-7-5-16(22)12-24-18/h4-8,11-12H,9-10,13H2,1-3H3,(H,24,25,27). The summed E-state index contributed by atoms with van der Waals surface area (Å²) >= 11 is 5.78. The summed E-state index contributed by atoms with van der Waals surface area (Å²) < 4.78 is 5.40. The molecule has 29 heavy (non-hydrogen) atoms. The molecule has 0 aromatic carbocycles. The quantitative estimate of drug-likeness (QED) is 0.818. The van der Waals surface area contributed by atoms with E-state index in [0.29, 0.717) is 23.9 Å². The van der Waals surface area contributed by atoms with Crippen molar-refractivity contribution >= 4 is 35.0 Å². The average molecular weight is 415 g/mol. The zero-order valence-electron chi connectivity index (χ0n) is 16.6. The molecule has 152 valence electrons. The van der Waals surface area contributed by atoms with E-state index in [0.717, 1.165) is 16.8 Å². The van der Waals surface area contributed by atoms with Crippen molar-refractivity contribution in [1.82, 2.24) is 14.9 Å². The number of ether oxygens (including phenoxy) is 1. The van der Waals surface area contributed by atoms with Crippen LogP contribution in [-0.2, 0) is 16.0 Å². The van der Waals surface area contributed by atoms with Gasteiger partial charge in [-0.25, -0.2) is 9.78 Å². The van der Waals surface area contributed by atoms with Gasteiger partial charge >= 0.3 is 6.09 Å². The summed E-state index contributed by atoms with van der Waals surface area (Å²) in [7, 11) is 0. The Balaban J connectivity index is 1.54. The number of halogens is 1. The number of amides is 2. The summed E-state index contributed by atoms with van der Waals surface area (Å²) in [5, 5.41) is 3.23. The predicted octanol–water partition coefficient (Wildman–Crippen LogP) is 3.95. The van der Waals surface area contributed by atoms with E-state index in [1.165, 1.54) is 6.20 Å². The Morgan fingerprint density at radius 1 is 1.17 bits per heavy atom. The number of hydrogen-bond donors (Lipinski definition) is 1. The predicted molar refractivity (Wildman–Crippen MR) is 112 cm³/mol. The molecule has 2 amide bonds. The van der Waals surface area contributed by atoms with Crippen LogP contribution in [0.5, 0.6) is 0 Å². The Morgan fingerprint density at radius 3 is 2.59 bits per heavy atom. The van der Waals surface area contributed by atoms with Gasteiger partial charge in [-0.05, 0) is 50.1 Å². The first-order valence-corrected chi connectivity index (χ1v) is 9.61. The van der Waals surface area contributed by atoms with Crippen molar-refractivity contribution in [1.29, 1.82) is 0 Å². The highest BCUT2D eigenvalue weighted by atomic mass is 35.5. The number of nitrogens with one attached hydrogen (secondary N) is 1. The Kier molecular flexibility index (Phi) is 6.17. The molecule has 0 fully saturated rings. The maximum atomic E-state index is 12.2. The molecule has 0 atom stereocenters. The van der Waals surface area contributed by atoms with Crippen LogP contribution in [0.3, 0.4) is 0 Å². The third kappa shape index (κ3) is 6.02. The fraction of sp³-hybridized carbons (Fsp3) is 0.333. The summed E-state index contributed by atoms with van der Waals surface area (Å²) in [6.45, 7) is 6.46. The fourth-order valence-corrected chi connectivity index (χ4v) is 2.86. The second-order valence-electron chi connectivity index (χ2n) is 7.73. The van der Waals surface area contributed by atoms with Crippen molar-refractivity contribution in [2.75, 3.05) is 18.4 Å². The van der Waals surface area contributed by atoms with Crippen molar-refractivity contribution in [2.45, 2.75) is 32.8 Å². The second-order valence-corrected chi connectivity index (χ2v) is 8.16. The van der Waals surface area contributed by atoms with Gasteiger partial charge in [0.25, 0.3) is 0 Å². The van der Waals surface area contributed by atoms with Crippen LogP contribution in [0.2, 0.25) is 5.02 Å². The molecule has 0 radical (unpaired) electrons. The molecule has 0 bridgehead atoms. The number of carbonyl (C=O) groups excluding carboxylic acids is 2. The lowest BCUT2D eigenvalue weighted by molar-refractivity contribution is -0.115. The minimum absolute atomic E-state index is 0.181. The van der Waals surface area contributed by atoms with Gasteiger partial charge in [-0.1, -0.05) is 23.7 Å². The van der Waals surface area contributed by atoms with Crippen LogP contribution in [-0.4, -0.2) is 45.6 Å². The first-order valence-electron chi connectivity index (χ1n) is 9.23. The van der Waals surface area contributed by atoms with Crippen LogP contribution in [0, 0.1) is 0 Å². The lowest BCUT2D eigenvalue weighted by Crippen LogP contribution is -2.35. The minimum Gasteiger partial charge on any atom is -0.444 e. The first-order chi connectivity index (χ1) is 13.7. The number of aromatic nitrogens is 2. The molecule has 0 saturated heterocycles. The largest absolute Gasteiger partial charge is 0.444 e. The van der Waals surface area contributed by atoms with E-state index in [-0.39, 0.29) is 18.4 Å². The zero-order valence-corrected chi connectivity index (χ0v) is 17.4. The monoisotopic (exact) mass is 414 g/mol. The molecule has 3 heterocycles. The summed E-state index contributed by atoms with van der Waals surface area (Å²) in [6, 6.07) is 7.02. The van der Waals surface area contributed by atoms with Crippen LogP contribution in [0.1, 0.15) is 32.0 Å². The average Bonchev–Trinajstić information content (AvgIpc) is 3.13. The zero-order chi connectivity index (χ0) is 21.0. The molecule has 0 unspecified atom stereocenters. The van der Waals surface area contributed by atoms with Crippen molar-refractivity contribution in [3.63, 3.8) is 0 Å². The lowest BCUT2D eigenvalue weighted by atomic mass is 10.1. The maximum Gasteiger partial charge on any atom is 0.410 e. The second kappa shape index (κ2) is 8.61. The number of carbonyl (C=O) groups is 2. The molecule has 8 heteroatoms. The Labute approximate surface area is 174 Å². The molecule has 2 aromatic heterocycles. The van der Waals surface area contributed by atoms with Gasteiger partial charge in [-0.2, -0.15) is 0 Å². The minimum atomic E-state index is -0.526. The number of pyridine rings is 2. The number of hydrogen-bond acceptors (Lipinski definition) is 5. The van der Waals surface area contributed by atoms with E-state index < -0.39 is 5.60 Å². The molecule has 0 saturated carbocycles. The van der Waals surface area contributed by atoms with Crippen LogP contribution in [0.4, 0.5) is 10.6 Å². The van der Waals surface area contributed by atoms with E-state index in [1.54, 1.807) is 23.2 Å². The Morgan fingerprint density at radius 2 is 1.97 bits per heavy atom. The number of nitrogens with zero attached hydrogens (tertiary/aromatic N) is 3. The van der Waals surface area contributed by atoms with Gasteiger partial charge in [-0.15, -0.1) is 0 Å². The van der Waals surface area contributed by atoms with Crippen molar-refractivity contribution < 1.29 is 14.3 Å². The SMILES string of the molecule is CC(C)(C)OC(=O)N1CC=C(c2ccc(CC(=O)Nc3ccc(Cl)cn3)cn2)C1. The molecule has 1 aliphatic rings. The topological polar surface area (TPSA) is 84.4 Å². The van der Waals surface area contributed by atoms with Gasteiger partial charge in [0.15, 0.2) is 0 Å². The van der Waals surface area contributed by atoms with Crippen molar-refractivity contribution in [3.05, 3.63) is 59.0 Å². The van der Waals surface area contributed by atoms with Crippen molar-refractivity contribution in [2.24, 2.45) is 0 Å². The highest BCUT2D eigenvalue weighted by Crippen LogP contribution is 2.21. The van der Waals surface area contributed by atoms with Gasteiger partial charge in [-0.3, -0.25) is 9.78 Å². The summed E-state index contributed by atoms with van der Waals surface area (Å²) in [5.41, 5.74) is 1.99. The van der Waals surface area contributed by atoms with E-state index >= 15 is 0 Å². The molecule has 1 aliphatic heterocycles. The van der Waals surface area contributed by atoms with Crippen LogP contribution in [0.15, 0.2) is 42.7 Å². The van der Waals surface area contributed by atoms with Gasteiger partial charge in [0.1, 0.15) is 11.4 Å². The van der Waals surface area contributed by atoms with Gasteiger partial charge < -0.3 is 15.0 Å². The summed E-state index contributed by atoms with van der Waals surface area (Å²) in [5.74, 6) is 0.257. The highest BCUT2D eigenvalue weighted by Gasteiger charge is 2.26. The summed E-state index contributed by atoms with van der Waals surface area (Å²) in [6.07, 6.45) is 4.95. The highest BCUT2D eigenvalue weighted by molar-refractivity contribution is 6.30. The Hall–Kier alpha value is -2.93. The molecule has 3 rings (SSSR count). The molecular weight excluding hydrogens is 392 g/mol. The van der Waals surface area contributed by atoms with Crippen LogP contribution in [0.25, 0.3) is 5.57 Å². The van der Waals surface area contributed by atoms with Gasteiger partial charge in [0, 0.05) is 18.9 Å². The van der Waals surface area contributed by atoms with E-state index in [4.69, 9.17) is 16.3 Å². The number of anilines is 1. The molecule has 0 aliphatic carbocycles. The van der Waals surface area contributed by atoms with Gasteiger partial charge in [0.2, 0.25) is 5.91 Å². The van der Waals surface area contributed by atoms with E-state index in [2.05, 4.69) is 15.3 Å². The van der Waals surface area contributed by atoms with E-state index in [9.17, 15) is 9.59 Å². The Bertz CT molecular complexity index is 918. The van der Waals surface area contributed by atoms with Crippen LogP contribution < -0.4 is 5.32 Å². The maximum absolute atomic E-state index is 12.2. The lowest BCUT2D eigenvalue weighted by Gasteiger charge is -2.24. The smallest absolute Gasteiger partial charge is 0.410 e. The molecule has 0 spiro atoms.